The first-order chi connectivity index (χ1) is 13.1. The number of fused-ring (bicyclic) bond motifs is 3. The second-order valence-corrected chi connectivity index (χ2v) is 7.30. The van der Waals surface area contributed by atoms with E-state index in [9.17, 15) is 35.1 Å². The normalized spacial score (nSPS) is 25.8. The van der Waals surface area contributed by atoms with Gasteiger partial charge < -0.3 is 30.3 Å². The average Bonchev–Trinajstić information content (AvgIpc) is 2.64. The Balaban J connectivity index is 2.09. The van der Waals surface area contributed by atoms with E-state index in [0.717, 1.165) is 0 Å². The van der Waals surface area contributed by atoms with Crippen molar-refractivity contribution in [1.29, 1.82) is 0 Å². The number of ketones is 2. The maximum absolute atomic E-state index is 13.1. The van der Waals surface area contributed by atoms with E-state index in [1.807, 2.05) is 0 Å². The number of aromatic hydroxyl groups is 2. The lowest BCUT2D eigenvalue weighted by Gasteiger charge is -2.39. The molecule has 2 aliphatic carbocycles. The third-order valence-electron chi connectivity index (χ3n) is 5.50. The van der Waals surface area contributed by atoms with Crippen LogP contribution >= 0.6 is 0 Å². The van der Waals surface area contributed by atoms with Crippen LogP contribution in [0, 0.1) is 0 Å². The van der Waals surface area contributed by atoms with Gasteiger partial charge in [-0.05, 0) is 13.0 Å². The number of phenols is 2. The molecule has 0 saturated heterocycles. The van der Waals surface area contributed by atoms with Gasteiger partial charge in [0.15, 0.2) is 5.78 Å². The Morgan fingerprint density at radius 2 is 1.61 bits per heavy atom. The van der Waals surface area contributed by atoms with Crippen LogP contribution in [0.4, 0.5) is 0 Å². The lowest BCUT2D eigenvalue weighted by Crippen LogP contribution is -2.40. The number of aliphatic hydroxyl groups excluding tert-OH is 2. The lowest BCUT2D eigenvalue weighted by molar-refractivity contribution is -0.103. The molecule has 0 spiro atoms. The van der Waals surface area contributed by atoms with E-state index in [-0.39, 0.29) is 34.4 Å². The molecule has 0 heterocycles. The van der Waals surface area contributed by atoms with Crippen LogP contribution in [-0.2, 0) is 0 Å². The first-order valence-corrected chi connectivity index (χ1v) is 8.58. The molecule has 2 aromatic rings. The molecular weight excluding hydrogens is 368 g/mol. The van der Waals surface area contributed by atoms with Crippen LogP contribution in [0.2, 0.25) is 0 Å². The molecule has 0 aromatic heterocycles. The molecule has 146 valence electrons. The van der Waals surface area contributed by atoms with Gasteiger partial charge in [-0.3, -0.25) is 9.59 Å². The number of phenolic OH excluding ortho intramolecular Hbond substituents is 2. The minimum absolute atomic E-state index is 0.0240. The molecule has 0 bridgehead atoms. The quantitative estimate of drug-likeness (QED) is 0.391. The highest BCUT2D eigenvalue weighted by Crippen LogP contribution is 2.54. The summed E-state index contributed by atoms with van der Waals surface area (Å²) >= 11 is 0. The van der Waals surface area contributed by atoms with E-state index in [1.54, 1.807) is 0 Å². The van der Waals surface area contributed by atoms with Crippen LogP contribution in [0.1, 0.15) is 68.5 Å². The van der Waals surface area contributed by atoms with Crippen molar-refractivity contribution < 1.29 is 39.9 Å². The molecule has 0 unspecified atom stereocenters. The molecule has 8 heteroatoms. The van der Waals surface area contributed by atoms with Gasteiger partial charge in [0.1, 0.15) is 23.4 Å². The molecule has 0 amide bonds. The zero-order valence-electron chi connectivity index (χ0n) is 15.1. The molecule has 2 aliphatic rings. The topological polar surface area (TPSA) is 145 Å². The van der Waals surface area contributed by atoms with Crippen molar-refractivity contribution in [1.82, 2.24) is 0 Å². The van der Waals surface area contributed by atoms with Crippen LogP contribution in [-0.4, -0.2) is 49.8 Å². The van der Waals surface area contributed by atoms with Crippen molar-refractivity contribution in [3.63, 3.8) is 0 Å². The monoisotopic (exact) mass is 386 g/mol. The first kappa shape index (κ1) is 18.4. The van der Waals surface area contributed by atoms with Crippen molar-refractivity contribution in [3.05, 3.63) is 51.6 Å². The molecule has 2 aromatic carbocycles. The van der Waals surface area contributed by atoms with Crippen molar-refractivity contribution in [2.75, 3.05) is 7.11 Å². The lowest BCUT2D eigenvalue weighted by atomic mass is 9.72. The largest absolute Gasteiger partial charge is 0.507 e. The fraction of sp³-hybridized carbons (Fsp3) is 0.300. The van der Waals surface area contributed by atoms with Crippen molar-refractivity contribution >= 4 is 11.6 Å². The van der Waals surface area contributed by atoms with E-state index in [1.165, 1.54) is 32.2 Å². The third-order valence-corrected chi connectivity index (χ3v) is 5.50. The average molecular weight is 386 g/mol. The number of aliphatic hydroxyl groups is 3. The predicted octanol–water partition coefficient (Wildman–Crippen LogP) is 1.10. The Hall–Kier alpha value is -2.94. The second kappa shape index (κ2) is 5.78. The van der Waals surface area contributed by atoms with Gasteiger partial charge >= 0.3 is 0 Å². The molecule has 8 nitrogen and oxygen atoms in total. The SMILES string of the molecule is COc1cccc2c1C(=O)c1c(O)c3c(c(O)c1C2=O)[C@@H](O)[C@](C)(O)C[C@@H]3O. The van der Waals surface area contributed by atoms with Gasteiger partial charge in [0.05, 0.1) is 35.5 Å². The second-order valence-electron chi connectivity index (χ2n) is 7.30. The number of rotatable bonds is 1. The minimum Gasteiger partial charge on any atom is -0.507 e. The van der Waals surface area contributed by atoms with Gasteiger partial charge in [-0.25, -0.2) is 0 Å². The third kappa shape index (κ3) is 2.16. The van der Waals surface area contributed by atoms with Gasteiger partial charge in [0.2, 0.25) is 5.78 Å². The molecule has 3 atom stereocenters. The van der Waals surface area contributed by atoms with E-state index >= 15 is 0 Å². The van der Waals surface area contributed by atoms with E-state index in [4.69, 9.17) is 4.74 Å². The molecule has 4 rings (SSSR count). The van der Waals surface area contributed by atoms with Crippen LogP contribution in [0.3, 0.4) is 0 Å². The fourth-order valence-corrected chi connectivity index (χ4v) is 4.12. The Morgan fingerprint density at radius 3 is 2.25 bits per heavy atom. The highest BCUT2D eigenvalue weighted by Gasteiger charge is 2.48. The molecule has 0 aliphatic heterocycles. The summed E-state index contributed by atoms with van der Waals surface area (Å²) in [6, 6.07) is 4.38. The van der Waals surface area contributed by atoms with Gasteiger partial charge in [0, 0.05) is 23.1 Å². The number of methoxy groups -OCH3 is 1. The molecule has 28 heavy (non-hydrogen) atoms. The molecule has 0 radical (unpaired) electrons. The van der Waals surface area contributed by atoms with E-state index in [0.29, 0.717) is 0 Å². The standard InChI is InChI=1S/C20H18O8/c1-20(27)6-8(21)11-14(19(20)26)18(25)12-13(17(11)24)16(23)10-7(15(12)22)4-3-5-9(10)28-2/h3-5,8,19,21,24-27H,6H2,1-2H3/t8-,19+,20+/m0/s1. The van der Waals surface area contributed by atoms with Crippen LogP contribution in [0.5, 0.6) is 17.2 Å². The summed E-state index contributed by atoms with van der Waals surface area (Å²) in [5.74, 6) is -2.83. The van der Waals surface area contributed by atoms with Crippen LogP contribution in [0.25, 0.3) is 0 Å². The van der Waals surface area contributed by atoms with E-state index in [2.05, 4.69) is 0 Å². The first-order valence-electron chi connectivity index (χ1n) is 8.58. The predicted molar refractivity (Wildman–Crippen MR) is 94.8 cm³/mol. The summed E-state index contributed by atoms with van der Waals surface area (Å²) < 4.78 is 5.15. The Kier molecular flexibility index (Phi) is 3.80. The minimum atomic E-state index is -1.81. The smallest absolute Gasteiger partial charge is 0.202 e. The summed E-state index contributed by atoms with van der Waals surface area (Å²) in [5.41, 5.74) is -3.49. The number of carbonyl (C=O) groups excluding carboxylic acids is 2. The van der Waals surface area contributed by atoms with Crippen molar-refractivity contribution in [2.24, 2.45) is 0 Å². The summed E-state index contributed by atoms with van der Waals surface area (Å²) in [4.78, 5) is 26.2. The zero-order chi connectivity index (χ0) is 20.5. The van der Waals surface area contributed by atoms with Gasteiger partial charge in [-0.1, -0.05) is 12.1 Å². The van der Waals surface area contributed by atoms with E-state index < -0.39 is 52.0 Å². The molecular formula is C20H18O8. The summed E-state index contributed by atoms with van der Waals surface area (Å²) in [5, 5.41) is 52.8. The van der Waals surface area contributed by atoms with Gasteiger partial charge in [-0.15, -0.1) is 0 Å². The highest BCUT2D eigenvalue weighted by molar-refractivity contribution is 6.31. The number of benzene rings is 2. The number of carbonyl (C=O) groups is 2. The van der Waals surface area contributed by atoms with Crippen LogP contribution < -0.4 is 4.74 Å². The number of ether oxygens (including phenoxy) is 1. The molecule has 0 fully saturated rings. The Bertz CT molecular complexity index is 1050. The van der Waals surface area contributed by atoms with Crippen molar-refractivity contribution in [2.45, 2.75) is 31.2 Å². The summed E-state index contributed by atoms with van der Waals surface area (Å²) in [6.45, 7) is 1.26. The highest BCUT2D eigenvalue weighted by atomic mass is 16.5. The van der Waals surface area contributed by atoms with Gasteiger partial charge in [0.25, 0.3) is 0 Å². The summed E-state index contributed by atoms with van der Waals surface area (Å²) in [7, 11) is 1.33. The summed E-state index contributed by atoms with van der Waals surface area (Å²) in [6.07, 6.45) is -3.49. The maximum Gasteiger partial charge on any atom is 0.202 e. The zero-order valence-corrected chi connectivity index (χ0v) is 15.1. The van der Waals surface area contributed by atoms with Gasteiger partial charge in [-0.2, -0.15) is 0 Å². The number of hydrogen-bond donors (Lipinski definition) is 5. The fourth-order valence-electron chi connectivity index (χ4n) is 4.12. The Labute approximate surface area is 159 Å². The number of hydrogen-bond acceptors (Lipinski definition) is 8. The van der Waals surface area contributed by atoms with Crippen molar-refractivity contribution in [3.8, 4) is 17.2 Å². The molecule has 0 saturated carbocycles. The molecule has 5 N–H and O–H groups in total. The maximum atomic E-state index is 13.1. The van der Waals surface area contributed by atoms with Crippen LogP contribution in [0.15, 0.2) is 18.2 Å². The Morgan fingerprint density at radius 1 is 1.00 bits per heavy atom.